The largest absolute Gasteiger partial charge is 0.352 e. The lowest BCUT2D eigenvalue weighted by atomic mass is 9.94. The van der Waals surface area contributed by atoms with Gasteiger partial charge in [-0.25, -0.2) is 0 Å². The summed E-state index contributed by atoms with van der Waals surface area (Å²) in [4.78, 5) is 2.49. The zero-order valence-electron chi connectivity index (χ0n) is 29.6. The van der Waals surface area contributed by atoms with E-state index >= 15 is 0 Å². The van der Waals surface area contributed by atoms with Gasteiger partial charge in [0.15, 0.2) is 6.29 Å². The summed E-state index contributed by atoms with van der Waals surface area (Å²) in [7, 11) is 2.26. The third-order valence-electron chi connectivity index (χ3n) is 11.8. The molecule has 11 aromatic rings. The lowest BCUT2D eigenvalue weighted by Crippen LogP contribution is -2.42. The molecule has 0 radical (unpaired) electrons. The van der Waals surface area contributed by atoms with Crippen molar-refractivity contribution < 1.29 is 0 Å². The van der Waals surface area contributed by atoms with E-state index in [0.717, 1.165) is 0 Å². The fourth-order valence-corrected chi connectivity index (χ4v) is 10.7. The fraction of sp³-hybridized carbons (Fsp3) is 0.0612. The number of thiophene rings is 1. The van der Waals surface area contributed by atoms with E-state index in [-0.39, 0.29) is 12.3 Å². The summed E-state index contributed by atoms with van der Waals surface area (Å²) in [6, 6.07) is 62.6. The van der Waals surface area contributed by atoms with E-state index in [1.165, 1.54) is 97.1 Å². The molecule has 54 heavy (non-hydrogen) atoms. The van der Waals surface area contributed by atoms with Gasteiger partial charge in [0.25, 0.3) is 0 Å². The predicted octanol–water partition coefficient (Wildman–Crippen LogP) is 13.0. The summed E-state index contributed by atoms with van der Waals surface area (Å²) >= 11 is 1.91. The van der Waals surface area contributed by atoms with E-state index in [1.807, 2.05) is 11.3 Å². The average Bonchev–Trinajstić information content (AvgIpc) is 3.88. The van der Waals surface area contributed by atoms with E-state index in [4.69, 9.17) is 0 Å². The molecule has 0 fully saturated rings. The molecule has 256 valence electrons. The highest BCUT2D eigenvalue weighted by atomic mass is 32.1. The number of hydrogen-bond acceptors (Lipinski definition) is 3. The average molecular weight is 711 g/mol. The van der Waals surface area contributed by atoms with E-state index < -0.39 is 0 Å². The number of aromatic nitrogens is 2. The van der Waals surface area contributed by atoms with Gasteiger partial charge in [0.1, 0.15) is 0 Å². The summed E-state index contributed by atoms with van der Waals surface area (Å²) < 4.78 is 7.70. The molecule has 12 rings (SSSR count). The van der Waals surface area contributed by atoms with Crippen molar-refractivity contribution >= 4 is 91.6 Å². The quantitative estimate of drug-likeness (QED) is 0.197. The number of fused-ring (bicyclic) bond motifs is 13. The number of nitrogens with one attached hydrogen (secondary N) is 1. The highest BCUT2D eigenvalue weighted by molar-refractivity contribution is 7.26. The Morgan fingerprint density at radius 1 is 0.537 bits per heavy atom. The van der Waals surface area contributed by atoms with Crippen molar-refractivity contribution in [1.29, 1.82) is 0 Å². The standard InChI is InChI=1S/C49H34N4S/c1-51-46(31-15-4-2-5-16-31)36-21-10-12-22-40(36)50-49(51)53-41-23-13-11-20-34(41)38-28-39-35-25-26-37-45-33-19-9-8-14-30(33)24-27-44(45)54-48(37)47(35)52(42(39)29-43(38)53)32-17-6-3-7-18-32/h2-29,46,49-50H,1H3. The van der Waals surface area contributed by atoms with Gasteiger partial charge in [-0.05, 0) is 71.4 Å². The Balaban J connectivity index is 1.19. The molecule has 8 aromatic carbocycles. The van der Waals surface area contributed by atoms with Crippen LogP contribution in [-0.2, 0) is 0 Å². The summed E-state index contributed by atoms with van der Waals surface area (Å²) in [5.74, 6) is 0. The molecule has 5 heteroatoms. The van der Waals surface area contributed by atoms with E-state index in [9.17, 15) is 0 Å². The molecule has 0 bridgehead atoms. The summed E-state index contributed by atoms with van der Waals surface area (Å²) in [6.07, 6.45) is -0.137. The van der Waals surface area contributed by atoms with Crippen LogP contribution in [0.1, 0.15) is 23.5 Å². The number of para-hydroxylation sites is 3. The smallest absolute Gasteiger partial charge is 0.162 e. The second kappa shape index (κ2) is 11.3. The summed E-state index contributed by atoms with van der Waals surface area (Å²) in [5, 5.41) is 14.3. The molecular weight excluding hydrogens is 677 g/mol. The van der Waals surface area contributed by atoms with Crippen LogP contribution < -0.4 is 5.32 Å². The van der Waals surface area contributed by atoms with Crippen molar-refractivity contribution in [2.75, 3.05) is 12.4 Å². The lowest BCUT2D eigenvalue weighted by Gasteiger charge is -2.43. The Morgan fingerprint density at radius 3 is 2.11 bits per heavy atom. The molecule has 4 heterocycles. The van der Waals surface area contributed by atoms with Crippen molar-refractivity contribution in [3.05, 3.63) is 181 Å². The molecule has 1 aliphatic heterocycles. The zero-order valence-corrected chi connectivity index (χ0v) is 30.4. The SMILES string of the molecule is CN1C(c2ccccc2)c2ccccc2NC1n1c2ccccc2c2cc3c4ccc5c(sc6ccc7ccccc7c65)c4n(-c4ccccc4)c3cc21. The van der Waals surface area contributed by atoms with Crippen molar-refractivity contribution in [1.82, 2.24) is 14.0 Å². The second-order valence-electron chi connectivity index (χ2n) is 14.6. The number of anilines is 1. The fourth-order valence-electron chi connectivity index (χ4n) is 9.46. The zero-order chi connectivity index (χ0) is 35.5. The number of hydrogen-bond donors (Lipinski definition) is 1. The van der Waals surface area contributed by atoms with E-state index in [1.54, 1.807) is 0 Å². The van der Waals surface area contributed by atoms with Crippen LogP contribution in [-0.4, -0.2) is 21.1 Å². The monoisotopic (exact) mass is 710 g/mol. The summed E-state index contributed by atoms with van der Waals surface area (Å²) in [6.45, 7) is 0. The molecule has 0 aliphatic carbocycles. The lowest BCUT2D eigenvalue weighted by molar-refractivity contribution is 0.160. The molecule has 4 nitrogen and oxygen atoms in total. The molecule has 2 atom stereocenters. The molecule has 1 N–H and O–H groups in total. The van der Waals surface area contributed by atoms with Gasteiger partial charge < -0.3 is 14.5 Å². The third-order valence-corrected chi connectivity index (χ3v) is 13.0. The topological polar surface area (TPSA) is 25.1 Å². The van der Waals surface area contributed by atoms with Gasteiger partial charge >= 0.3 is 0 Å². The van der Waals surface area contributed by atoms with Gasteiger partial charge in [-0.2, -0.15) is 0 Å². The van der Waals surface area contributed by atoms with Gasteiger partial charge in [0.05, 0.1) is 32.8 Å². The molecule has 2 unspecified atom stereocenters. The highest BCUT2D eigenvalue weighted by Crippen LogP contribution is 2.48. The van der Waals surface area contributed by atoms with Gasteiger partial charge in [0.2, 0.25) is 0 Å². The first kappa shape index (κ1) is 30.1. The second-order valence-corrected chi connectivity index (χ2v) is 15.7. The minimum absolute atomic E-state index is 0.0849. The van der Waals surface area contributed by atoms with Crippen LogP contribution in [0.5, 0.6) is 0 Å². The van der Waals surface area contributed by atoms with Crippen LogP contribution in [0, 0.1) is 0 Å². The van der Waals surface area contributed by atoms with Crippen molar-refractivity contribution in [2.24, 2.45) is 0 Å². The van der Waals surface area contributed by atoms with Crippen molar-refractivity contribution in [3.8, 4) is 5.69 Å². The molecule has 0 amide bonds. The molecule has 1 aliphatic rings. The Morgan fingerprint density at radius 2 is 1.24 bits per heavy atom. The first-order valence-electron chi connectivity index (χ1n) is 18.6. The van der Waals surface area contributed by atoms with Crippen molar-refractivity contribution in [2.45, 2.75) is 12.3 Å². The van der Waals surface area contributed by atoms with Gasteiger partial charge in [-0.3, -0.25) is 4.90 Å². The Hall–Kier alpha value is -6.40. The minimum Gasteiger partial charge on any atom is -0.352 e. The number of rotatable bonds is 3. The van der Waals surface area contributed by atoms with Crippen LogP contribution in [0.4, 0.5) is 5.69 Å². The molecule has 0 spiro atoms. The first-order valence-corrected chi connectivity index (χ1v) is 19.5. The van der Waals surface area contributed by atoms with Crippen LogP contribution in [0.25, 0.3) is 80.2 Å². The minimum atomic E-state index is -0.137. The number of benzene rings is 8. The summed E-state index contributed by atoms with van der Waals surface area (Å²) in [5.41, 5.74) is 9.80. The maximum Gasteiger partial charge on any atom is 0.162 e. The van der Waals surface area contributed by atoms with Gasteiger partial charge in [0, 0.05) is 48.4 Å². The van der Waals surface area contributed by atoms with Gasteiger partial charge in [-0.1, -0.05) is 127 Å². The van der Waals surface area contributed by atoms with Crippen LogP contribution >= 0.6 is 11.3 Å². The molecule has 0 saturated heterocycles. The highest BCUT2D eigenvalue weighted by Gasteiger charge is 2.35. The van der Waals surface area contributed by atoms with Crippen LogP contribution in [0.2, 0.25) is 0 Å². The predicted molar refractivity (Wildman–Crippen MR) is 229 cm³/mol. The maximum atomic E-state index is 3.99. The Labute approximate surface area is 315 Å². The van der Waals surface area contributed by atoms with E-state index in [0.29, 0.717) is 0 Å². The first-order chi connectivity index (χ1) is 26.7. The van der Waals surface area contributed by atoms with Crippen molar-refractivity contribution in [3.63, 3.8) is 0 Å². The maximum absolute atomic E-state index is 3.99. The van der Waals surface area contributed by atoms with Crippen LogP contribution in [0.3, 0.4) is 0 Å². The van der Waals surface area contributed by atoms with E-state index in [2.05, 4.69) is 196 Å². The molecular formula is C49H34N4S. The normalized spacial score (nSPS) is 16.3. The third kappa shape index (κ3) is 4.11. The number of nitrogens with zero attached hydrogens (tertiary/aromatic N) is 3. The molecule has 0 saturated carbocycles. The molecule has 3 aromatic heterocycles. The Bertz CT molecular complexity index is 3280. The van der Waals surface area contributed by atoms with Crippen LogP contribution in [0.15, 0.2) is 170 Å². The Kier molecular flexibility index (Phi) is 6.30. The van der Waals surface area contributed by atoms with Gasteiger partial charge in [-0.15, -0.1) is 11.3 Å².